The van der Waals surface area contributed by atoms with E-state index < -0.39 is 0 Å². The summed E-state index contributed by atoms with van der Waals surface area (Å²) in [5, 5.41) is 0.689. The Balaban J connectivity index is 2.21. The Morgan fingerprint density at radius 2 is 2.35 bits per heavy atom. The molecule has 3 nitrogen and oxygen atoms in total. The number of hydrogen-bond acceptors (Lipinski definition) is 3. The predicted molar refractivity (Wildman–Crippen MR) is 66.8 cm³/mol. The van der Waals surface area contributed by atoms with Gasteiger partial charge in [-0.05, 0) is 43.0 Å². The highest BCUT2D eigenvalue weighted by Crippen LogP contribution is 2.33. The number of carbonyl (C=O) groups excluding carboxylic acids is 1. The Morgan fingerprint density at radius 3 is 3.06 bits per heavy atom. The van der Waals surface area contributed by atoms with E-state index in [1.807, 2.05) is 25.1 Å². The SMILES string of the molecule is CCOC(=O)C1Cc2ccc(Cl)cc2C(N)C1. The maximum atomic E-state index is 11.7. The van der Waals surface area contributed by atoms with E-state index in [0.29, 0.717) is 24.5 Å². The smallest absolute Gasteiger partial charge is 0.309 e. The van der Waals surface area contributed by atoms with Crippen molar-refractivity contribution in [3.8, 4) is 0 Å². The number of fused-ring (bicyclic) bond motifs is 1. The zero-order chi connectivity index (χ0) is 12.4. The maximum absolute atomic E-state index is 11.7. The third-order valence-corrected chi connectivity index (χ3v) is 3.37. The van der Waals surface area contributed by atoms with Gasteiger partial charge >= 0.3 is 5.97 Å². The van der Waals surface area contributed by atoms with E-state index in [9.17, 15) is 4.79 Å². The molecule has 1 aliphatic carbocycles. The van der Waals surface area contributed by atoms with Gasteiger partial charge in [0.2, 0.25) is 0 Å². The van der Waals surface area contributed by atoms with Crippen LogP contribution in [-0.2, 0) is 16.0 Å². The van der Waals surface area contributed by atoms with Crippen molar-refractivity contribution in [3.63, 3.8) is 0 Å². The molecule has 0 heterocycles. The van der Waals surface area contributed by atoms with Crippen molar-refractivity contribution >= 4 is 17.6 Å². The molecule has 0 saturated heterocycles. The molecule has 92 valence electrons. The zero-order valence-electron chi connectivity index (χ0n) is 9.78. The second-order valence-electron chi connectivity index (χ2n) is 4.34. The summed E-state index contributed by atoms with van der Waals surface area (Å²) in [5.41, 5.74) is 8.23. The van der Waals surface area contributed by atoms with E-state index in [1.54, 1.807) is 0 Å². The van der Waals surface area contributed by atoms with Crippen LogP contribution in [0.15, 0.2) is 18.2 Å². The molecule has 2 atom stereocenters. The van der Waals surface area contributed by atoms with E-state index in [2.05, 4.69) is 0 Å². The first-order valence-corrected chi connectivity index (χ1v) is 6.20. The van der Waals surface area contributed by atoms with Gasteiger partial charge in [0.05, 0.1) is 12.5 Å². The van der Waals surface area contributed by atoms with E-state index in [-0.39, 0.29) is 17.9 Å². The molecular formula is C13H16ClNO2. The van der Waals surface area contributed by atoms with Gasteiger partial charge in [-0.3, -0.25) is 4.79 Å². The Bertz CT molecular complexity index is 433. The number of carbonyl (C=O) groups is 1. The van der Waals surface area contributed by atoms with Gasteiger partial charge in [-0.1, -0.05) is 17.7 Å². The molecule has 2 rings (SSSR count). The van der Waals surface area contributed by atoms with Crippen molar-refractivity contribution in [3.05, 3.63) is 34.3 Å². The maximum Gasteiger partial charge on any atom is 0.309 e. The van der Waals surface area contributed by atoms with E-state index in [4.69, 9.17) is 22.1 Å². The number of halogens is 1. The van der Waals surface area contributed by atoms with Crippen LogP contribution < -0.4 is 5.73 Å². The Hall–Kier alpha value is -1.06. The molecule has 0 spiro atoms. The van der Waals surface area contributed by atoms with Crippen LogP contribution in [0.1, 0.15) is 30.5 Å². The van der Waals surface area contributed by atoms with Gasteiger partial charge in [-0.25, -0.2) is 0 Å². The molecule has 0 bridgehead atoms. The molecule has 0 aliphatic heterocycles. The second kappa shape index (κ2) is 5.07. The average Bonchev–Trinajstić information content (AvgIpc) is 2.30. The molecule has 4 heteroatoms. The van der Waals surface area contributed by atoms with Crippen molar-refractivity contribution < 1.29 is 9.53 Å². The van der Waals surface area contributed by atoms with Gasteiger partial charge in [0.25, 0.3) is 0 Å². The molecule has 0 amide bonds. The van der Waals surface area contributed by atoms with Gasteiger partial charge in [0, 0.05) is 11.1 Å². The van der Waals surface area contributed by atoms with E-state index in [1.165, 1.54) is 0 Å². The standard InChI is InChI=1S/C13H16ClNO2/c1-2-17-13(16)9-5-8-3-4-10(14)7-11(8)12(15)6-9/h3-4,7,9,12H,2,5-6,15H2,1H3. The lowest BCUT2D eigenvalue weighted by Crippen LogP contribution is -2.30. The van der Waals surface area contributed by atoms with Crippen LogP contribution in [0.25, 0.3) is 0 Å². The highest BCUT2D eigenvalue weighted by Gasteiger charge is 2.30. The predicted octanol–water partition coefficient (Wildman–Crippen LogP) is 2.47. The summed E-state index contributed by atoms with van der Waals surface area (Å²) >= 11 is 5.94. The summed E-state index contributed by atoms with van der Waals surface area (Å²) in [5.74, 6) is -0.276. The summed E-state index contributed by atoms with van der Waals surface area (Å²) in [6.07, 6.45) is 1.32. The fourth-order valence-corrected chi connectivity index (χ4v) is 2.50. The minimum Gasteiger partial charge on any atom is -0.466 e. The van der Waals surface area contributed by atoms with Crippen LogP contribution in [0.3, 0.4) is 0 Å². The van der Waals surface area contributed by atoms with Crippen LogP contribution in [0.4, 0.5) is 0 Å². The normalized spacial score (nSPS) is 23.0. The van der Waals surface area contributed by atoms with Crippen molar-refractivity contribution in [1.29, 1.82) is 0 Å². The van der Waals surface area contributed by atoms with Crippen molar-refractivity contribution in [2.75, 3.05) is 6.61 Å². The molecule has 1 aromatic rings. The highest BCUT2D eigenvalue weighted by molar-refractivity contribution is 6.30. The Labute approximate surface area is 106 Å². The molecule has 1 aliphatic rings. The largest absolute Gasteiger partial charge is 0.466 e. The molecule has 2 unspecified atom stereocenters. The summed E-state index contributed by atoms with van der Waals surface area (Å²) < 4.78 is 5.05. The molecule has 0 radical (unpaired) electrons. The first-order valence-electron chi connectivity index (χ1n) is 5.82. The Kier molecular flexibility index (Phi) is 3.69. The summed E-state index contributed by atoms with van der Waals surface area (Å²) in [6.45, 7) is 2.23. The zero-order valence-corrected chi connectivity index (χ0v) is 10.5. The molecule has 2 N–H and O–H groups in total. The van der Waals surface area contributed by atoms with E-state index >= 15 is 0 Å². The number of esters is 1. The number of nitrogens with two attached hydrogens (primary N) is 1. The van der Waals surface area contributed by atoms with Crippen LogP contribution in [0, 0.1) is 5.92 Å². The Morgan fingerprint density at radius 1 is 1.59 bits per heavy atom. The molecule has 1 aromatic carbocycles. The first kappa shape index (κ1) is 12.4. The van der Waals surface area contributed by atoms with Crippen molar-refractivity contribution in [2.45, 2.75) is 25.8 Å². The fourth-order valence-electron chi connectivity index (χ4n) is 2.32. The summed E-state index contributed by atoms with van der Waals surface area (Å²) in [4.78, 5) is 11.7. The summed E-state index contributed by atoms with van der Waals surface area (Å²) in [6, 6.07) is 5.54. The lowest BCUT2D eigenvalue weighted by Gasteiger charge is -2.28. The molecular weight excluding hydrogens is 238 g/mol. The molecule has 0 fully saturated rings. The topological polar surface area (TPSA) is 52.3 Å². The van der Waals surface area contributed by atoms with Crippen molar-refractivity contribution in [1.82, 2.24) is 0 Å². The van der Waals surface area contributed by atoms with Gasteiger partial charge in [-0.15, -0.1) is 0 Å². The van der Waals surface area contributed by atoms with Gasteiger partial charge in [0.15, 0.2) is 0 Å². The second-order valence-corrected chi connectivity index (χ2v) is 4.77. The van der Waals surface area contributed by atoms with Gasteiger partial charge in [0.1, 0.15) is 0 Å². The average molecular weight is 254 g/mol. The van der Waals surface area contributed by atoms with Crippen LogP contribution >= 0.6 is 11.6 Å². The van der Waals surface area contributed by atoms with Gasteiger partial charge in [-0.2, -0.15) is 0 Å². The van der Waals surface area contributed by atoms with Crippen molar-refractivity contribution in [2.24, 2.45) is 11.7 Å². The lowest BCUT2D eigenvalue weighted by atomic mass is 9.81. The molecule has 0 saturated carbocycles. The minimum absolute atomic E-state index is 0.126. The van der Waals surface area contributed by atoms with E-state index in [0.717, 1.165) is 11.1 Å². The number of hydrogen-bond donors (Lipinski definition) is 1. The lowest BCUT2D eigenvalue weighted by molar-refractivity contribution is -0.148. The molecule has 17 heavy (non-hydrogen) atoms. The van der Waals surface area contributed by atoms with Crippen LogP contribution in [0.5, 0.6) is 0 Å². The monoisotopic (exact) mass is 253 g/mol. The minimum atomic E-state index is -0.149. The number of benzene rings is 1. The van der Waals surface area contributed by atoms with Crippen LogP contribution in [-0.4, -0.2) is 12.6 Å². The highest BCUT2D eigenvalue weighted by atomic mass is 35.5. The molecule has 0 aromatic heterocycles. The third-order valence-electron chi connectivity index (χ3n) is 3.13. The van der Waals surface area contributed by atoms with Crippen LogP contribution in [0.2, 0.25) is 5.02 Å². The summed E-state index contributed by atoms with van der Waals surface area (Å²) in [7, 11) is 0. The quantitative estimate of drug-likeness (QED) is 0.824. The van der Waals surface area contributed by atoms with Gasteiger partial charge < -0.3 is 10.5 Å². The number of ether oxygens (including phenoxy) is 1. The first-order chi connectivity index (χ1) is 8.11. The number of rotatable bonds is 2. The third kappa shape index (κ3) is 2.61. The fraction of sp³-hybridized carbons (Fsp3) is 0.462.